The second-order valence-electron chi connectivity index (χ2n) is 3.61. The Labute approximate surface area is 98.0 Å². The van der Waals surface area contributed by atoms with Crippen LogP contribution in [0.15, 0.2) is 22.6 Å². The SMILES string of the molecule is CCOC(=O)C(O)c1ccc2oc(C)nc2c1. The molecule has 0 saturated carbocycles. The molecule has 2 aromatic rings. The first-order valence-electron chi connectivity index (χ1n) is 5.33. The normalized spacial score (nSPS) is 12.6. The maximum absolute atomic E-state index is 11.4. The van der Waals surface area contributed by atoms with E-state index < -0.39 is 12.1 Å². The molecule has 0 spiro atoms. The van der Waals surface area contributed by atoms with Crippen molar-refractivity contribution < 1.29 is 19.1 Å². The molecule has 0 aliphatic carbocycles. The van der Waals surface area contributed by atoms with Crippen molar-refractivity contribution in [2.24, 2.45) is 0 Å². The zero-order chi connectivity index (χ0) is 12.4. The molecule has 0 fully saturated rings. The highest BCUT2D eigenvalue weighted by molar-refractivity contribution is 5.79. The lowest BCUT2D eigenvalue weighted by Gasteiger charge is -2.09. The minimum absolute atomic E-state index is 0.237. The number of hydrogen-bond acceptors (Lipinski definition) is 5. The average molecular weight is 235 g/mol. The number of fused-ring (bicyclic) bond motifs is 1. The highest BCUT2D eigenvalue weighted by atomic mass is 16.5. The molecular weight excluding hydrogens is 222 g/mol. The number of carbonyl (C=O) groups is 1. The molecule has 0 amide bonds. The van der Waals surface area contributed by atoms with Crippen LogP contribution in [0.5, 0.6) is 0 Å². The number of aromatic nitrogens is 1. The lowest BCUT2D eigenvalue weighted by molar-refractivity contribution is -0.153. The van der Waals surface area contributed by atoms with Gasteiger partial charge in [0, 0.05) is 6.92 Å². The van der Waals surface area contributed by atoms with Crippen LogP contribution in [-0.4, -0.2) is 22.7 Å². The lowest BCUT2D eigenvalue weighted by atomic mass is 10.1. The van der Waals surface area contributed by atoms with Gasteiger partial charge in [0.1, 0.15) is 5.52 Å². The van der Waals surface area contributed by atoms with Crippen LogP contribution in [0, 0.1) is 6.92 Å². The molecular formula is C12H13NO4. The Morgan fingerprint density at radius 3 is 3.06 bits per heavy atom. The summed E-state index contributed by atoms with van der Waals surface area (Å²) in [6.07, 6.45) is -1.28. The van der Waals surface area contributed by atoms with Crippen molar-refractivity contribution >= 4 is 17.1 Å². The number of aliphatic hydroxyl groups excluding tert-OH is 1. The summed E-state index contributed by atoms with van der Waals surface area (Å²) in [6, 6.07) is 4.91. The van der Waals surface area contributed by atoms with Gasteiger partial charge < -0.3 is 14.3 Å². The largest absolute Gasteiger partial charge is 0.464 e. The molecule has 1 unspecified atom stereocenters. The first kappa shape index (κ1) is 11.6. The number of carbonyl (C=O) groups excluding carboxylic acids is 1. The van der Waals surface area contributed by atoms with Crippen LogP contribution in [0.25, 0.3) is 11.1 Å². The van der Waals surface area contributed by atoms with Gasteiger partial charge in [0.15, 0.2) is 17.6 Å². The van der Waals surface area contributed by atoms with E-state index in [0.717, 1.165) is 0 Å². The highest BCUT2D eigenvalue weighted by Crippen LogP contribution is 2.21. The van der Waals surface area contributed by atoms with E-state index in [1.807, 2.05) is 0 Å². The molecule has 0 bridgehead atoms. The third-order valence-electron chi connectivity index (χ3n) is 2.34. The van der Waals surface area contributed by atoms with Crippen molar-refractivity contribution in [1.29, 1.82) is 0 Å². The maximum Gasteiger partial charge on any atom is 0.339 e. The van der Waals surface area contributed by atoms with Gasteiger partial charge in [-0.25, -0.2) is 9.78 Å². The molecule has 5 nitrogen and oxygen atoms in total. The summed E-state index contributed by atoms with van der Waals surface area (Å²) in [5.74, 6) is -0.116. The van der Waals surface area contributed by atoms with Crippen LogP contribution in [0.1, 0.15) is 24.5 Å². The van der Waals surface area contributed by atoms with Gasteiger partial charge in [-0.3, -0.25) is 0 Å². The average Bonchev–Trinajstić information content (AvgIpc) is 2.67. The molecule has 0 radical (unpaired) electrons. The number of nitrogens with zero attached hydrogens (tertiary/aromatic N) is 1. The summed E-state index contributed by atoms with van der Waals surface area (Å²) in [5.41, 5.74) is 1.69. The minimum Gasteiger partial charge on any atom is -0.464 e. The monoisotopic (exact) mass is 235 g/mol. The Morgan fingerprint density at radius 2 is 2.35 bits per heavy atom. The smallest absolute Gasteiger partial charge is 0.339 e. The number of aryl methyl sites for hydroxylation is 1. The van der Waals surface area contributed by atoms with Crippen LogP contribution in [0.3, 0.4) is 0 Å². The Hall–Kier alpha value is -1.88. The Morgan fingerprint density at radius 1 is 1.59 bits per heavy atom. The van der Waals surface area contributed by atoms with E-state index in [-0.39, 0.29) is 6.61 Å². The van der Waals surface area contributed by atoms with Gasteiger partial charge in [0.25, 0.3) is 0 Å². The third-order valence-corrected chi connectivity index (χ3v) is 2.34. The summed E-state index contributed by atoms with van der Waals surface area (Å²) >= 11 is 0. The molecule has 1 aromatic carbocycles. The number of hydrogen-bond donors (Lipinski definition) is 1. The van der Waals surface area contributed by atoms with Crippen molar-refractivity contribution in [2.45, 2.75) is 20.0 Å². The summed E-state index contributed by atoms with van der Waals surface area (Å²) in [5, 5.41) is 9.75. The number of rotatable bonds is 3. The molecule has 1 heterocycles. The number of aliphatic hydroxyl groups is 1. The van der Waals surface area contributed by atoms with Crippen molar-refractivity contribution in [3.63, 3.8) is 0 Å². The molecule has 0 aliphatic heterocycles. The fourth-order valence-corrected chi connectivity index (χ4v) is 1.59. The van der Waals surface area contributed by atoms with Crippen LogP contribution in [-0.2, 0) is 9.53 Å². The first-order chi connectivity index (χ1) is 8.11. The van der Waals surface area contributed by atoms with Crippen molar-refractivity contribution in [2.75, 3.05) is 6.61 Å². The van der Waals surface area contributed by atoms with E-state index in [1.54, 1.807) is 32.0 Å². The van der Waals surface area contributed by atoms with Gasteiger partial charge in [-0.05, 0) is 24.6 Å². The van der Waals surface area contributed by atoms with Crippen molar-refractivity contribution in [1.82, 2.24) is 4.98 Å². The van der Waals surface area contributed by atoms with Gasteiger partial charge in [-0.1, -0.05) is 6.07 Å². The van der Waals surface area contributed by atoms with E-state index in [0.29, 0.717) is 22.6 Å². The van der Waals surface area contributed by atoms with Gasteiger partial charge in [-0.15, -0.1) is 0 Å². The third kappa shape index (κ3) is 2.29. The molecule has 5 heteroatoms. The predicted molar refractivity (Wildman–Crippen MR) is 60.3 cm³/mol. The summed E-state index contributed by atoms with van der Waals surface area (Å²) < 4.78 is 10.0. The quantitative estimate of drug-likeness (QED) is 0.820. The Bertz CT molecular complexity index is 546. The fraction of sp³-hybridized carbons (Fsp3) is 0.333. The molecule has 1 N–H and O–H groups in total. The molecule has 90 valence electrons. The standard InChI is InChI=1S/C12H13NO4/c1-3-16-12(15)11(14)8-4-5-10-9(6-8)13-7(2)17-10/h4-6,11,14H,3H2,1-2H3. The van der Waals surface area contributed by atoms with Crippen LogP contribution >= 0.6 is 0 Å². The summed E-state index contributed by atoms with van der Waals surface area (Å²) in [4.78, 5) is 15.5. The topological polar surface area (TPSA) is 72.6 Å². The minimum atomic E-state index is -1.28. The summed E-state index contributed by atoms with van der Waals surface area (Å²) in [6.45, 7) is 3.66. The number of ether oxygens (including phenoxy) is 1. The summed E-state index contributed by atoms with van der Waals surface area (Å²) in [7, 11) is 0. The number of oxazole rings is 1. The Balaban J connectivity index is 2.32. The maximum atomic E-state index is 11.4. The second-order valence-corrected chi connectivity index (χ2v) is 3.61. The zero-order valence-electron chi connectivity index (χ0n) is 9.64. The van der Waals surface area contributed by atoms with Crippen molar-refractivity contribution in [3.8, 4) is 0 Å². The lowest BCUT2D eigenvalue weighted by Crippen LogP contribution is -2.15. The molecule has 1 aromatic heterocycles. The molecule has 17 heavy (non-hydrogen) atoms. The van der Waals surface area contributed by atoms with Crippen LogP contribution in [0.2, 0.25) is 0 Å². The number of esters is 1. The van der Waals surface area contributed by atoms with E-state index >= 15 is 0 Å². The fourth-order valence-electron chi connectivity index (χ4n) is 1.59. The first-order valence-corrected chi connectivity index (χ1v) is 5.33. The molecule has 0 aliphatic rings. The van der Waals surface area contributed by atoms with Crippen LogP contribution in [0.4, 0.5) is 0 Å². The van der Waals surface area contributed by atoms with Gasteiger partial charge in [0.2, 0.25) is 0 Å². The van der Waals surface area contributed by atoms with Gasteiger partial charge >= 0.3 is 5.97 Å². The van der Waals surface area contributed by atoms with E-state index in [4.69, 9.17) is 9.15 Å². The molecule has 2 rings (SSSR count). The molecule has 0 saturated heterocycles. The van der Waals surface area contributed by atoms with E-state index in [1.165, 1.54) is 0 Å². The van der Waals surface area contributed by atoms with E-state index in [2.05, 4.69) is 4.98 Å². The highest BCUT2D eigenvalue weighted by Gasteiger charge is 2.19. The zero-order valence-corrected chi connectivity index (χ0v) is 9.64. The van der Waals surface area contributed by atoms with E-state index in [9.17, 15) is 9.90 Å². The van der Waals surface area contributed by atoms with Crippen molar-refractivity contribution in [3.05, 3.63) is 29.7 Å². The number of benzene rings is 1. The predicted octanol–water partition coefficient (Wildman–Crippen LogP) is 1.73. The molecule has 1 atom stereocenters. The van der Waals surface area contributed by atoms with Gasteiger partial charge in [0.05, 0.1) is 6.61 Å². The van der Waals surface area contributed by atoms with Crippen LogP contribution < -0.4 is 0 Å². The van der Waals surface area contributed by atoms with Gasteiger partial charge in [-0.2, -0.15) is 0 Å². The second kappa shape index (κ2) is 4.55. The Kier molecular flexibility index (Phi) is 3.10.